The Bertz CT molecular complexity index is 385. The van der Waals surface area contributed by atoms with Gasteiger partial charge in [0.2, 0.25) is 0 Å². The summed E-state index contributed by atoms with van der Waals surface area (Å²) in [6.45, 7) is 8.49. The van der Waals surface area contributed by atoms with Gasteiger partial charge in [0.15, 0.2) is 0 Å². The molecule has 2 atom stereocenters. The molecule has 2 nitrogen and oxygen atoms in total. The molecule has 0 bridgehead atoms. The van der Waals surface area contributed by atoms with Crippen molar-refractivity contribution in [3.05, 3.63) is 29.8 Å². The van der Waals surface area contributed by atoms with Crippen molar-refractivity contribution in [1.82, 2.24) is 5.32 Å². The normalized spacial score (nSPS) is 23.0. The van der Waals surface area contributed by atoms with E-state index in [0.717, 1.165) is 24.8 Å². The molecule has 0 radical (unpaired) electrons. The molecule has 112 valence electrons. The highest BCUT2D eigenvalue weighted by Crippen LogP contribution is 2.23. The summed E-state index contributed by atoms with van der Waals surface area (Å²) < 4.78 is 5.80. The summed E-state index contributed by atoms with van der Waals surface area (Å²) in [5.41, 5.74) is 1.37. The lowest BCUT2D eigenvalue weighted by Gasteiger charge is -2.27. The van der Waals surface area contributed by atoms with Crippen LogP contribution in [0.3, 0.4) is 0 Å². The maximum Gasteiger partial charge on any atom is 0.119 e. The van der Waals surface area contributed by atoms with Crippen molar-refractivity contribution in [1.29, 1.82) is 0 Å². The molecule has 1 saturated carbocycles. The van der Waals surface area contributed by atoms with Gasteiger partial charge in [-0.25, -0.2) is 0 Å². The van der Waals surface area contributed by atoms with E-state index in [4.69, 9.17) is 4.74 Å². The fourth-order valence-corrected chi connectivity index (χ4v) is 3.00. The van der Waals surface area contributed by atoms with Crippen molar-refractivity contribution in [2.45, 2.75) is 58.4 Å². The maximum atomic E-state index is 5.80. The summed E-state index contributed by atoms with van der Waals surface area (Å²) in [6, 6.07) is 9.19. The molecule has 1 N–H and O–H groups in total. The second-order valence-corrected chi connectivity index (χ2v) is 6.50. The van der Waals surface area contributed by atoms with Gasteiger partial charge in [-0.05, 0) is 42.4 Å². The van der Waals surface area contributed by atoms with Crippen LogP contribution in [-0.2, 0) is 0 Å². The summed E-state index contributed by atoms with van der Waals surface area (Å²) in [6.07, 6.45) is 5.42. The molecular formula is C18H29NO. The van der Waals surface area contributed by atoms with Crippen molar-refractivity contribution in [2.24, 2.45) is 5.92 Å². The van der Waals surface area contributed by atoms with Crippen LogP contribution in [-0.4, -0.2) is 19.2 Å². The van der Waals surface area contributed by atoms with E-state index in [1.54, 1.807) is 0 Å². The first-order valence-corrected chi connectivity index (χ1v) is 8.11. The van der Waals surface area contributed by atoms with E-state index in [2.05, 4.69) is 50.4 Å². The molecule has 2 rings (SSSR count). The lowest BCUT2D eigenvalue weighted by atomic mass is 9.87. The maximum absolute atomic E-state index is 5.80. The molecule has 0 aromatic heterocycles. The Labute approximate surface area is 123 Å². The lowest BCUT2D eigenvalue weighted by Crippen LogP contribution is -2.36. The van der Waals surface area contributed by atoms with Gasteiger partial charge < -0.3 is 10.1 Å². The summed E-state index contributed by atoms with van der Waals surface area (Å²) >= 11 is 0. The Kier molecular flexibility index (Phi) is 5.90. The van der Waals surface area contributed by atoms with Crippen LogP contribution in [0.4, 0.5) is 0 Å². The van der Waals surface area contributed by atoms with E-state index in [1.165, 1.54) is 31.2 Å². The first-order valence-electron chi connectivity index (χ1n) is 8.11. The number of hydrogen-bond acceptors (Lipinski definition) is 2. The summed E-state index contributed by atoms with van der Waals surface area (Å²) in [4.78, 5) is 0. The van der Waals surface area contributed by atoms with Crippen LogP contribution in [0.25, 0.3) is 0 Å². The number of ether oxygens (including phenoxy) is 1. The van der Waals surface area contributed by atoms with Crippen LogP contribution in [0.15, 0.2) is 24.3 Å². The molecule has 0 amide bonds. The zero-order chi connectivity index (χ0) is 14.4. The molecule has 0 saturated heterocycles. The van der Waals surface area contributed by atoms with E-state index < -0.39 is 0 Å². The molecule has 0 heterocycles. The first kappa shape index (κ1) is 15.4. The predicted octanol–water partition coefficient (Wildman–Crippen LogP) is 4.36. The molecule has 1 aromatic carbocycles. The van der Waals surface area contributed by atoms with Crippen molar-refractivity contribution >= 4 is 0 Å². The predicted molar refractivity (Wildman–Crippen MR) is 85.4 cm³/mol. The Morgan fingerprint density at radius 2 is 1.95 bits per heavy atom. The molecular weight excluding hydrogens is 246 g/mol. The third-order valence-electron chi connectivity index (χ3n) is 4.29. The van der Waals surface area contributed by atoms with Crippen LogP contribution < -0.4 is 10.1 Å². The summed E-state index contributed by atoms with van der Waals surface area (Å²) in [7, 11) is 0. The zero-order valence-corrected chi connectivity index (χ0v) is 13.2. The third kappa shape index (κ3) is 4.82. The molecule has 1 aromatic rings. The highest BCUT2D eigenvalue weighted by atomic mass is 16.5. The van der Waals surface area contributed by atoms with Crippen LogP contribution in [0.2, 0.25) is 0 Å². The lowest BCUT2D eigenvalue weighted by molar-refractivity contribution is 0.266. The molecule has 20 heavy (non-hydrogen) atoms. The Morgan fingerprint density at radius 1 is 1.20 bits per heavy atom. The molecule has 0 spiro atoms. The molecule has 1 aliphatic rings. The SMILES string of the molecule is CC1CCCC(NCCOc2ccc(C(C)C)cc2)C1. The molecule has 2 heteroatoms. The smallest absolute Gasteiger partial charge is 0.119 e. The van der Waals surface area contributed by atoms with Gasteiger partial charge in [-0.3, -0.25) is 0 Å². The minimum atomic E-state index is 0.582. The van der Waals surface area contributed by atoms with Gasteiger partial charge >= 0.3 is 0 Å². The summed E-state index contributed by atoms with van der Waals surface area (Å²) in [5.74, 6) is 2.44. The van der Waals surface area contributed by atoms with Gasteiger partial charge in [0.05, 0.1) is 0 Å². The van der Waals surface area contributed by atoms with E-state index in [1.807, 2.05) is 0 Å². The summed E-state index contributed by atoms with van der Waals surface area (Å²) in [5, 5.41) is 3.63. The monoisotopic (exact) mass is 275 g/mol. The van der Waals surface area contributed by atoms with Crippen molar-refractivity contribution < 1.29 is 4.74 Å². The van der Waals surface area contributed by atoms with Gasteiger partial charge in [0.25, 0.3) is 0 Å². The van der Waals surface area contributed by atoms with Crippen LogP contribution >= 0.6 is 0 Å². The molecule has 1 fully saturated rings. The van der Waals surface area contributed by atoms with Crippen molar-refractivity contribution in [3.63, 3.8) is 0 Å². The van der Waals surface area contributed by atoms with Crippen LogP contribution in [0.5, 0.6) is 5.75 Å². The van der Waals surface area contributed by atoms with Crippen molar-refractivity contribution in [3.8, 4) is 5.75 Å². The highest BCUT2D eigenvalue weighted by molar-refractivity contribution is 5.28. The topological polar surface area (TPSA) is 21.3 Å². The fraction of sp³-hybridized carbons (Fsp3) is 0.667. The van der Waals surface area contributed by atoms with Gasteiger partial charge in [-0.1, -0.05) is 45.7 Å². The number of nitrogens with one attached hydrogen (secondary N) is 1. The Morgan fingerprint density at radius 3 is 2.60 bits per heavy atom. The number of benzene rings is 1. The Hall–Kier alpha value is -1.02. The second kappa shape index (κ2) is 7.68. The van der Waals surface area contributed by atoms with Gasteiger partial charge in [-0.2, -0.15) is 0 Å². The number of rotatable bonds is 6. The average Bonchev–Trinajstić information content (AvgIpc) is 2.44. The minimum absolute atomic E-state index is 0.582. The quantitative estimate of drug-likeness (QED) is 0.779. The molecule has 0 aliphatic heterocycles. The van der Waals surface area contributed by atoms with Gasteiger partial charge in [0.1, 0.15) is 12.4 Å². The molecule has 1 aliphatic carbocycles. The average molecular weight is 275 g/mol. The van der Waals surface area contributed by atoms with E-state index in [9.17, 15) is 0 Å². The largest absolute Gasteiger partial charge is 0.492 e. The molecule has 2 unspecified atom stereocenters. The van der Waals surface area contributed by atoms with E-state index >= 15 is 0 Å². The van der Waals surface area contributed by atoms with Crippen molar-refractivity contribution in [2.75, 3.05) is 13.2 Å². The van der Waals surface area contributed by atoms with Gasteiger partial charge in [0, 0.05) is 12.6 Å². The Balaban J connectivity index is 1.65. The van der Waals surface area contributed by atoms with Crippen LogP contribution in [0.1, 0.15) is 57.9 Å². The van der Waals surface area contributed by atoms with E-state index in [0.29, 0.717) is 12.0 Å². The second-order valence-electron chi connectivity index (χ2n) is 6.50. The third-order valence-corrected chi connectivity index (χ3v) is 4.29. The van der Waals surface area contributed by atoms with E-state index in [-0.39, 0.29) is 0 Å². The van der Waals surface area contributed by atoms with Crippen LogP contribution in [0, 0.1) is 5.92 Å². The minimum Gasteiger partial charge on any atom is -0.492 e. The fourth-order valence-electron chi connectivity index (χ4n) is 3.00. The zero-order valence-electron chi connectivity index (χ0n) is 13.2. The van der Waals surface area contributed by atoms with Gasteiger partial charge in [-0.15, -0.1) is 0 Å². The standard InChI is InChI=1S/C18H29NO/c1-14(2)16-7-9-18(10-8-16)20-12-11-19-17-6-4-5-15(3)13-17/h7-10,14-15,17,19H,4-6,11-13H2,1-3H3. The highest BCUT2D eigenvalue weighted by Gasteiger charge is 2.17. The number of hydrogen-bond donors (Lipinski definition) is 1. The first-order chi connectivity index (χ1) is 9.65.